The number of hydrogen-bond acceptors (Lipinski definition) is 1. The van der Waals surface area contributed by atoms with Crippen molar-refractivity contribution in [2.75, 3.05) is 13.1 Å². The molecule has 7 heavy (non-hydrogen) atoms. The monoisotopic (exact) mass is 102 g/mol. The Kier molecular flexibility index (Phi) is 4.35. The van der Waals surface area contributed by atoms with E-state index >= 15 is 0 Å². The lowest BCUT2D eigenvalue weighted by atomic mass is 10.4. The fourth-order valence-electron chi connectivity index (χ4n) is 0.510. The molecule has 0 aliphatic carbocycles. The molecule has 0 aromatic rings. The van der Waals surface area contributed by atoms with E-state index in [-0.39, 0.29) is 6.40 Å². The Balaban J connectivity index is 0.000000222. The third-order valence-corrected chi connectivity index (χ3v) is 0.814. The molecule has 1 aliphatic rings. The van der Waals surface area contributed by atoms with Crippen molar-refractivity contribution in [3.63, 3.8) is 0 Å². The number of hydrogen-bond donors (Lipinski definition) is 1. The Morgan fingerprint density at radius 3 is 2.29 bits per heavy atom. The summed E-state index contributed by atoms with van der Waals surface area (Å²) in [7, 11) is 0. The highest BCUT2D eigenvalue weighted by atomic mass is 14.9. The Labute approximate surface area is 47.5 Å². The molecular weight excluding hydrogens is 86.1 g/mol. The molecule has 0 spiro atoms. The van der Waals surface area contributed by atoms with Crippen molar-refractivity contribution < 1.29 is 1.37 Å². The first-order valence-electron chi connectivity index (χ1n) is 3.60. The van der Waals surface area contributed by atoms with Gasteiger partial charge < -0.3 is 5.32 Å². The molecule has 1 saturated heterocycles. The van der Waals surface area contributed by atoms with Gasteiger partial charge in [-0.05, 0) is 25.9 Å². The van der Waals surface area contributed by atoms with Crippen LogP contribution in [0.25, 0.3) is 0 Å². The fraction of sp³-hybridized carbons (Fsp3) is 1.00. The van der Waals surface area contributed by atoms with E-state index < -0.39 is 0 Å². The van der Waals surface area contributed by atoms with Crippen molar-refractivity contribution in [3.8, 4) is 0 Å². The van der Waals surface area contributed by atoms with E-state index in [0.29, 0.717) is 0 Å². The van der Waals surface area contributed by atoms with Crippen LogP contribution >= 0.6 is 0 Å². The van der Waals surface area contributed by atoms with Crippen LogP contribution in [0.15, 0.2) is 0 Å². The van der Waals surface area contributed by atoms with E-state index in [1.54, 1.807) is 0 Å². The summed E-state index contributed by atoms with van der Waals surface area (Å²) in [6.07, 6.45) is 1.23. The second kappa shape index (κ2) is 5.96. The lowest BCUT2D eigenvalue weighted by Gasteiger charge is -1.76. The summed E-state index contributed by atoms with van der Waals surface area (Å²) in [4.78, 5) is 0. The summed E-state index contributed by atoms with van der Waals surface area (Å²) in [5, 5.41) is 3.08. The van der Waals surface area contributed by atoms with Gasteiger partial charge in [0.15, 0.2) is 0 Å². The van der Waals surface area contributed by atoms with Crippen molar-refractivity contribution in [1.29, 1.82) is 0 Å². The van der Waals surface area contributed by atoms with Crippen molar-refractivity contribution in [3.05, 3.63) is 0 Å². The molecule has 0 amide bonds. The Bertz CT molecular complexity index is 41.8. The van der Waals surface area contributed by atoms with Gasteiger partial charge in [-0.2, -0.15) is 0 Å². The summed E-state index contributed by atoms with van der Waals surface area (Å²) in [6, 6.07) is 0. The zero-order valence-corrected chi connectivity index (χ0v) is 5.20. The lowest BCUT2D eigenvalue weighted by Crippen LogP contribution is -2.03. The second-order valence-electron chi connectivity index (χ2n) is 1.28. The van der Waals surface area contributed by atoms with Crippen LogP contribution in [0.3, 0.4) is 0 Å². The molecule has 0 bridgehead atoms. The maximum absolute atomic E-state index is 7.07. The summed E-state index contributed by atoms with van der Waals surface area (Å²) < 4.78 is 7.07. The van der Waals surface area contributed by atoms with Crippen LogP contribution in [0.4, 0.5) is 0 Å². The van der Waals surface area contributed by atoms with Crippen LogP contribution in [-0.2, 0) is 0 Å². The third-order valence-electron chi connectivity index (χ3n) is 0.814. The van der Waals surface area contributed by atoms with Gasteiger partial charge in [-0.3, -0.25) is 0 Å². The average Bonchev–Trinajstić information content (AvgIpc) is 2.24. The van der Waals surface area contributed by atoms with E-state index in [1.165, 1.54) is 0 Å². The summed E-state index contributed by atoms with van der Waals surface area (Å²) >= 11 is 0. The molecule has 1 aliphatic heterocycles. The van der Waals surface area contributed by atoms with Crippen LogP contribution in [0.1, 0.15) is 28.0 Å². The van der Waals surface area contributed by atoms with E-state index in [1.807, 2.05) is 13.8 Å². The first-order valence-corrected chi connectivity index (χ1v) is 3.02. The number of nitrogens with one attached hydrogen (secondary N) is 1. The minimum Gasteiger partial charge on any atom is -0.317 e. The standard InChI is InChI=1S/C4H9N.C2H6/c1-2-4-5-3-1;1-2/h5H,1-4H2;1-2H3/i1D;. The second-order valence-corrected chi connectivity index (χ2v) is 1.28. The predicted molar refractivity (Wildman–Crippen MR) is 33.5 cm³/mol. The minimum absolute atomic E-state index is 0.185. The van der Waals surface area contributed by atoms with Crippen LogP contribution in [0.2, 0.25) is 0 Å². The van der Waals surface area contributed by atoms with Crippen molar-refractivity contribution in [1.82, 2.24) is 5.32 Å². The van der Waals surface area contributed by atoms with Gasteiger partial charge in [0.25, 0.3) is 0 Å². The van der Waals surface area contributed by atoms with Gasteiger partial charge in [0.2, 0.25) is 0 Å². The van der Waals surface area contributed by atoms with E-state index in [4.69, 9.17) is 1.37 Å². The molecule has 0 radical (unpaired) electrons. The summed E-state index contributed by atoms with van der Waals surface area (Å²) in [5.74, 6) is 0. The molecule has 0 aromatic heterocycles. The molecule has 1 fully saturated rings. The van der Waals surface area contributed by atoms with Gasteiger partial charge in [0.05, 0.1) is 0 Å². The van der Waals surface area contributed by atoms with E-state index in [9.17, 15) is 0 Å². The topological polar surface area (TPSA) is 12.0 Å². The normalized spacial score (nSPS) is 30.6. The Morgan fingerprint density at radius 2 is 2.14 bits per heavy atom. The van der Waals surface area contributed by atoms with Crippen molar-refractivity contribution >= 4 is 0 Å². The molecule has 1 N–H and O–H groups in total. The maximum atomic E-state index is 7.07. The first kappa shape index (κ1) is 5.10. The van der Waals surface area contributed by atoms with Crippen molar-refractivity contribution in [2.24, 2.45) is 0 Å². The molecule has 1 unspecified atom stereocenters. The highest BCUT2D eigenvalue weighted by Gasteiger charge is 1.93. The smallest absolute Gasteiger partial charge is 0.0280 e. The zero-order chi connectivity index (χ0) is 6.41. The zero-order valence-electron chi connectivity index (χ0n) is 6.20. The molecule has 1 atom stereocenters. The average molecular weight is 102 g/mol. The van der Waals surface area contributed by atoms with Gasteiger partial charge in [-0.15, -0.1) is 0 Å². The minimum atomic E-state index is 0.185. The van der Waals surface area contributed by atoms with E-state index in [2.05, 4.69) is 5.32 Å². The van der Waals surface area contributed by atoms with Crippen LogP contribution in [-0.4, -0.2) is 13.1 Å². The van der Waals surface area contributed by atoms with Crippen LogP contribution < -0.4 is 5.32 Å². The SMILES string of the molecule is CC.[2H]C1CCNC1. The number of rotatable bonds is 0. The summed E-state index contributed by atoms with van der Waals surface area (Å²) in [5.41, 5.74) is 0. The van der Waals surface area contributed by atoms with E-state index in [0.717, 1.165) is 19.5 Å². The molecule has 0 saturated carbocycles. The largest absolute Gasteiger partial charge is 0.317 e. The van der Waals surface area contributed by atoms with Gasteiger partial charge in [-0.25, -0.2) is 0 Å². The molecule has 1 heterocycles. The molecule has 0 aromatic carbocycles. The molecule has 1 nitrogen and oxygen atoms in total. The van der Waals surface area contributed by atoms with Gasteiger partial charge >= 0.3 is 0 Å². The Morgan fingerprint density at radius 1 is 1.43 bits per heavy atom. The van der Waals surface area contributed by atoms with Crippen LogP contribution in [0, 0.1) is 0 Å². The highest BCUT2D eigenvalue weighted by molar-refractivity contribution is 4.55. The predicted octanol–water partition coefficient (Wildman–Crippen LogP) is 1.40. The van der Waals surface area contributed by atoms with Gasteiger partial charge in [-0.1, -0.05) is 13.8 Å². The third kappa shape index (κ3) is 3.80. The van der Waals surface area contributed by atoms with Crippen molar-refractivity contribution in [2.45, 2.75) is 26.7 Å². The van der Waals surface area contributed by atoms with Crippen LogP contribution in [0.5, 0.6) is 0 Å². The molecule has 1 heteroatoms. The molecule has 1 rings (SSSR count). The highest BCUT2D eigenvalue weighted by Crippen LogP contribution is 1.90. The maximum Gasteiger partial charge on any atom is 0.0280 e. The Hall–Kier alpha value is -0.0400. The fourth-order valence-corrected chi connectivity index (χ4v) is 0.510. The van der Waals surface area contributed by atoms with Gasteiger partial charge in [0.1, 0.15) is 0 Å². The first-order chi connectivity index (χ1) is 3.89. The molecular formula is C6H15N. The lowest BCUT2D eigenvalue weighted by molar-refractivity contribution is 0.857. The molecule has 44 valence electrons. The quantitative estimate of drug-likeness (QED) is 0.487. The van der Waals surface area contributed by atoms with Gasteiger partial charge in [0, 0.05) is 1.37 Å². The summed E-state index contributed by atoms with van der Waals surface area (Å²) in [6.45, 7) is 5.95.